The van der Waals surface area contributed by atoms with E-state index < -0.39 is 5.56 Å². The second-order valence-electron chi connectivity index (χ2n) is 1.75. The van der Waals surface area contributed by atoms with Crippen molar-refractivity contribution in [1.82, 2.24) is 9.97 Å². The molecule has 9 N–H and O–H groups in total. The zero-order valence-corrected chi connectivity index (χ0v) is 6.66. The Morgan fingerprint density at radius 3 is 2.17 bits per heavy atom. The molecule has 0 saturated heterocycles. The summed E-state index contributed by atoms with van der Waals surface area (Å²) in [6, 6.07) is 0. The number of hydrogen-bond donors (Lipinski definition) is 5. The van der Waals surface area contributed by atoms with Gasteiger partial charge in [-0.15, -0.1) is 0 Å². The van der Waals surface area contributed by atoms with E-state index in [0.29, 0.717) is 0 Å². The number of H-pyrrole nitrogens is 1. The van der Waals surface area contributed by atoms with Crippen molar-refractivity contribution in [2.24, 2.45) is 5.73 Å². The van der Waals surface area contributed by atoms with Crippen LogP contribution in [0.4, 0.5) is 17.5 Å². The van der Waals surface area contributed by atoms with E-state index in [1.165, 1.54) is 7.05 Å². The second kappa shape index (κ2) is 4.19. The molecule has 1 rings (SSSR count). The van der Waals surface area contributed by atoms with Crippen molar-refractivity contribution in [3.63, 3.8) is 0 Å². The number of aromatic nitrogens is 2. The number of anilines is 3. The molecule has 0 saturated carbocycles. The highest BCUT2D eigenvalue weighted by Gasteiger charge is 2.00. The van der Waals surface area contributed by atoms with Crippen molar-refractivity contribution in [1.29, 1.82) is 0 Å². The number of rotatable bonds is 0. The van der Waals surface area contributed by atoms with Gasteiger partial charge in [-0.2, -0.15) is 4.98 Å². The molecule has 1 aromatic heterocycles. The minimum atomic E-state index is -0.509. The third kappa shape index (κ3) is 2.13. The van der Waals surface area contributed by atoms with E-state index in [9.17, 15) is 4.79 Å². The lowest BCUT2D eigenvalue weighted by Gasteiger charge is -1.96. The first-order valence-corrected chi connectivity index (χ1v) is 3.09. The monoisotopic (exact) mass is 172 g/mol. The van der Waals surface area contributed by atoms with Crippen LogP contribution in [0.25, 0.3) is 0 Å². The van der Waals surface area contributed by atoms with Gasteiger partial charge in [-0.1, -0.05) is 0 Å². The molecule has 7 heteroatoms. The van der Waals surface area contributed by atoms with Crippen LogP contribution in [0.5, 0.6) is 0 Å². The molecular weight excluding hydrogens is 160 g/mol. The molecule has 0 radical (unpaired) electrons. The van der Waals surface area contributed by atoms with Gasteiger partial charge in [-0.3, -0.25) is 9.78 Å². The molecule has 0 aliphatic rings. The van der Waals surface area contributed by atoms with Gasteiger partial charge in [0.05, 0.1) is 0 Å². The Kier molecular flexibility index (Phi) is 3.57. The molecule has 0 unspecified atom stereocenters. The zero-order chi connectivity index (χ0) is 9.72. The summed E-state index contributed by atoms with van der Waals surface area (Å²) in [6.45, 7) is 0. The lowest BCUT2D eigenvalue weighted by Crippen LogP contribution is -2.17. The van der Waals surface area contributed by atoms with E-state index in [1.54, 1.807) is 0 Å². The van der Waals surface area contributed by atoms with Crippen LogP contribution in [0.1, 0.15) is 0 Å². The normalized spacial score (nSPS) is 8.50. The summed E-state index contributed by atoms with van der Waals surface area (Å²) in [4.78, 5) is 16.4. The molecule has 12 heavy (non-hydrogen) atoms. The predicted octanol–water partition coefficient (Wildman–Crippen LogP) is -1.91. The molecule has 0 amide bonds. The highest BCUT2D eigenvalue weighted by molar-refractivity contribution is 5.57. The van der Waals surface area contributed by atoms with Gasteiger partial charge in [0.15, 0.2) is 5.82 Å². The van der Waals surface area contributed by atoms with Gasteiger partial charge in [0, 0.05) is 0 Å². The molecule has 0 spiro atoms. The quantitative estimate of drug-likeness (QED) is 0.308. The number of nitrogen functional groups attached to an aromatic ring is 3. The number of nitrogens with one attached hydrogen (secondary N) is 1. The first-order valence-electron chi connectivity index (χ1n) is 3.09. The predicted molar refractivity (Wildman–Crippen MR) is 48.2 cm³/mol. The summed E-state index contributed by atoms with van der Waals surface area (Å²) < 4.78 is 0. The van der Waals surface area contributed by atoms with Crippen LogP contribution >= 0.6 is 0 Å². The summed E-state index contributed by atoms with van der Waals surface area (Å²) in [5.74, 6) is -0.0713. The fraction of sp³-hybridized carbons (Fsp3) is 0.200. The molecule has 0 bridgehead atoms. The van der Waals surface area contributed by atoms with Gasteiger partial charge >= 0.3 is 0 Å². The van der Waals surface area contributed by atoms with Gasteiger partial charge < -0.3 is 22.9 Å². The Bertz CT molecular complexity index is 305. The van der Waals surface area contributed by atoms with E-state index in [1.807, 2.05) is 0 Å². The highest BCUT2D eigenvalue weighted by atomic mass is 16.1. The standard InChI is InChI=1S/C4H7N5O.CH5N/c5-1-2(6)8-4(7)9-3(1)10;1-2/h5H2,(H5,6,7,8,9,10);2H2,1H3. The van der Waals surface area contributed by atoms with Crippen molar-refractivity contribution >= 4 is 17.5 Å². The van der Waals surface area contributed by atoms with Gasteiger partial charge in [-0.05, 0) is 7.05 Å². The van der Waals surface area contributed by atoms with Gasteiger partial charge in [0.1, 0.15) is 5.69 Å². The number of nitrogens with two attached hydrogens (primary N) is 4. The summed E-state index contributed by atoms with van der Waals surface area (Å²) in [7, 11) is 1.50. The Morgan fingerprint density at radius 2 is 1.75 bits per heavy atom. The molecule has 0 atom stereocenters. The van der Waals surface area contributed by atoms with Crippen molar-refractivity contribution in [3.05, 3.63) is 10.4 Å². The van der Waals surface area contributed by atoms with Crippen LogP contribution < -0.4 is 28.5 Å². The topological polar surface area (TPSA) is 150 Å². The molecular formula is C5H12N6O. The van der Waals surface area contributed by atoms with E-state index in [-0.39, 0.29) is 17.5 Å². The lowest BCUT2D eigenvalue weighted by molar-refractivity contribution is 1.15. The first kappa shape index (κ1) is 10.2. The summed E-state index contributed by atoms with van der Waals surface area (Å²) in [6.07, 6.45) is 0. The van der Waals surface area contributed by atoms with Crippen molar-refractivity contribution < 1.29 is 0 Å². The Labute approximate surface area is 68.8 Å². The Morgan fingerprint density at radius 1 is 1.25 bits per heavy atom. The molecule has 1 aromatic rings. The molecule has 0 aromatic carbocycles. The third-order valence-electron chi connectivity index (χ3n) is 1.00. The molecule has 0 fully saturated rings. The summed E-state index contributed by atoms with van der Waals surface area (Å²) in [5.41, 5.74) is 19.4. The van der Waals surface area contributed by atoms with Crippen molar-refractivity contribution in [2.45, 2.75) is 0 Å². The zero-order valence-electron chi connectivity index (χ0n) is 6.66. The largest absolute Gasteiger partial charge is 0.391 e. The van der Waals surface area contributed by atoms with Crippen LogP contribution in [0, 0.1) is 0 Å². The minimum Gasteiger partial charge on any atom is -0.391 e. The average molecular weight is 172 g/mol. The number of aromatic amines is 1. The van der Waals surface area contributed by atoms with Crippen LogP contribution in [-0.4, -0.2) is 17.0 Å². The third-order valence-corrected chi connectivity index (χ3v) is 1.00. The van der Waals surface area contributed by atoms with Crippen LogP contribution in [0.15, 0.2) is 4.79 Å². The first-order chi connectivity index (χ1) is 5.61. The smallest absolute Gasteiger partial charge is 0.277 e. The van der Waals surface area contributed by atoms with Gasteiger partial charge in [0.2, 0.25) is 5.95 Å². The molecule has 68 valence electrons. The minimum absolute atomic E-state index is 0.0308. The van der Waals surface area contributed by atoms with E-state index in [0.717, 1.165) is 0 Å². The SMILES string of the molecule is CN.Nc1nc(N)c(N)c(=O)[nH]1. The Balaban J connectivity index is 0.000000561. The van der Waals surface area contributed by atoms with Crippen molar-refractivity contribution in [2.75, 3.05) is 24.2 Å². The van der Waals surface area contributed by atoms with E-state index >= 15 is 0 Å². The fourth-order valence-electron chi connectivity index (χ4n) is 0.518. The maximum atomic E-state index is 10.7. The molecule has 1 heterocycles. The highest BCUT2D eigenvalue weighted by Crippen LogP contribution is 2.02. The molecule has 0 aliphatic carbocycles. The molecule has 7 nitrogen and oxygen atoms in total. The number of hydrogen-bond acceptors (Lipinski definition) is 6. The lowest BCUT2D eigenvalue weighted by atomic mass is 10.5. The van der Waals surface area contributed by atoms with Crippen LogP contribution in [0.3, 0.4) is 0 Å². The van der Waals surface area contributed by atoms with E-state index in [4.69, 9.17) is 17.2 Å². The van der Waals surface area contributed by atoms with Gasteiger partial charge in [-0.25, -0.2) is 0 Å². The fourth-order valence-corrected chi connectivity index (χ4v) is 0.518. The van der Waals surface area contributed by atoms with Crippen LogP contribution in [-0.2, 0) is 0 Å². The molecule has 0 aliphatic heterocycles. The Hall–Kier alpha value is -1.76. The maximum Gasteiger partial charge on any atom is 0.277 e. The summed E-state index contributed by atoms with van der Waals surface area (Å²) >= 11 is 0. The number of nitrogens with zero attached hydrogens (tertiary/aromatic N) is 1. The summed E-state index contributed by atoms with van der Waals surface area (Å²) in [5, 5.41) is 0. The second-order valence-corrected chi connectivity index (χ2v) is 1.75. The van der Waals surface area contributed by atoms with Crippen LogP contribution in [0.2, 0.25) is 0 Å². The van der Waals surface area contributed by atoms with Crippen molar-refractivity contribution in [3.8, 4) is 0 Å². The average Bonchev–Trinajstić information content (AvgIpc) is 2.04. The van der Waals surface area contributed by atoms with E-state index in [2.05, 4.69) is 15.7 Å². The maximum absolute atomic E-state index is 10.7. The van der Waals surface area contributed by atoms with Gasteiger partial charge in [0.25, 0.3) is 5.56 Å².